The van der Waals surface area contributed by atoms with Gasteiger partial charge in [0.2, 0.25) is 0 Å². The van der Waals surface area contributed by atoms with Gasteiger partial charge in [0.05, 0.1) is 0 Å². The van der Waals surface area contributed by atoms with Gasteiger partial charge in [0.15, 0.2) is 5.69 Å². The number of nitrogens with zero attached hydrogens (tertiary/aromatic N) is 2. The zero-order valence-corrected chi connectivity index (χ0v) is 9.30. The van der Waals surface area contributed by atoms with Gasteiger partial charge in [0, 0.05) is 31.4 Å². The summed E-state index contributed by atoms with van der Waals surface area (Å²) in [5, 5.41) is 5.69. The minimum Gasteiger partial charge on any atom is -0.328 e. The zero-order valence-electron chi connectivity index (χ0n) is 9.30. The summed E-state index contributed by atoms with van der Waals surface area (Å²) in [6.07, 6.45) is -2.60. The van der Waals surface area contributed by atoms with Crippen molar-refractivity contribution in [1.82, 2.24) is 15.1 Å². The Kier molecular flexibility index (Phi) is 3.39. The van der Waals surface area contributed by atoms with Crippen LogP contribution in [0.1, 0.15) is 24.2 Å². The number of alkyl halides is 3. The van der Waals surface area contributed by atoms with Crippen LogP contribution in [0.15, 0.2) is 6.07 Å². The topological polar surface area (TPSA) is 57.9 Å². The van der Waals surface area contributed by atoms with Crippen molar-refractivity contribution < 1.29 is 13.2 Å². The average Bonchev–Trinajstić information content (AvgIpc) is 2.69. The van der Waals surface area contributed by atoms with Gasteiger partial charge in [-0.05, 0) is 18.9 Å². The van der Waals surface area contributed by atoms with Gasteiger partial charge in [-0.15, -0.1) is 0 Å². The second-order valence-corrected chi connectivity index (χ2v) is 4.39. The minimum atomic E-state index is -4.38. The third kappa shape index (κ3) is 3.19. The van der Waals surface area contributed by atoms with E-state index in [1.807, 2.05) is 0 Å². The molecular formula is C10H15F3N4. The first-order chi connectivity index (χ1) is 7.95. The van der Waals surface area contributed by atoms with E-state index in [9.17, 15) is 13.2 Å². The largest absolute Gasteiger partial charge is 0.435 e. The number of rotatable bonds is 2. The monoisotopic (exact) mass is 248 g/mol. The summed E-state index contributed by atoms with van der Waals surface area (Å²) in [6.45, 7) is 2.11. The maximum absolute atomic E-state index is 12.3. The molecule has 0 amide bonds. The Labute approximate surface area is 97.0 Å². The van der Waals surface area contributed by atoms with Crippen LogP contribution in [0.2, 0.25) is 0 Å². The van der Waals surface area contributed by atoms with Crippen LogP contribution in [0.25, 0.3) is 0 Å². The third-order valence-corrected chi connectivity index (χ3v) is 2.95. The molecule has 1 aromatic heterocycles. The summed E-state index contributed by atoms with van der Waals surface area (Å²) < 4.78 is 37.0. The van der Waals surface area contributed by atoms with Gasteiger partial charge in [-0.1, -0.05) is 0 Å². The van der Waals surface area contributed by atoms with Crippen molar-refractivity contribution in [2.24, 2.45) is 5.73 Å². The summed E-state index contributed by atoms with van der Waals surface area (Å²) in [5.41, 5.74) is 5.39. The number of hydrogen-bond acceptors (Lipinski definition) is 3. The van der Waals surface area contributed by atoms with E-state index in [-0.39, 0.29) is 6.04 Å². The molecule has 7 heteroatoms. The highest BCUT2D eigenvalue weighted by molar-refractivity contribution is 5.11. The number of hydrogen-bond donors (Lipinski definition) is 2. The number of halogens is 3. The number of likely N-dealkylation sites (tertiary alicyclic amines) is 1. The molecule has 3 N–H and O–H groups in total. The molecule has 0 spiro atoms. The lowest BCUT2D eigenvalue weighted by atomic mass is 10.1. The van der Waals surface area contributed by atoms with Gasteiger partial charge < -0.3 is 5.73 Å². The van der Waals surface area contributed by atoms with Crippen LogP contribution in [0.5, 0.6) is 0 Å². The lowest BCUT2D eigenvalue weighted by Gasteiger charge is -2.29. The number of nitrogens with one attached hydrogen (secondary N) is 1. The summed E-state index contributed by atoms with van der Waals surface area (Å²) in [7, 11) is 0. The van der Waals surface area contributed by atoms with Crippen LogP contribution in [0, 0.1) is 0 Å². The first kappa shape index (κ1) is 12.4. The van der Waals surface area contributed by atoms with Crippen molar-refractivity contribution in [2.45, 2.75) is 31.6 Å². The van der Waals surface area contributed by atoms with Gasteiger partial charge >= 0.3 is 6.18 Å². The number of piperidine rings is 1. The first-order valence-corrected chi connectivity index (χ1v) is 5.54. The first-order valence-electron chi connectivity index (χ1n) is 5.54. The van der Waals surface area contributed by atoms with E-state index in [4.69, 9.17) is 5.73 Å². The van der Waals surface area contributed by atoms with E-state index in [1.54, 1.807) is 0 Å². The molecule has 1 aromatic rings. The maximum atomic E-state index is 12.3. The molecular weight excluding hydrogens is 233 g/mol. The zero-order chi connectivity index (χ0) is 12.5. The molecule has 96 valence electrons. The quantitative estimate of drug-likeness (QED) is 0.830. The van der Waals surface area contributed by atoms with Crippen LogP contribution in [-0.2, 0) is 12.7 Å². The predicted octanol–water partition coefficient (Wildman–Crippen LogP) is 1.35. The van der Waals surface area contributed by atoms with Gasteiger partial charge in [0.1, 0.15) is 0 Å². The van der Waals surface area contributed by atoms with Crippen LogP contribution in [0.3, 0.4) is 0 Å². The maximum Gasteiger partial charge on any atom is 0.435 e. The fraction of sp³-hybridized carbons (Fsp3) is 0.700. The summed E-state index contributed by atoms with van der Waals surface area (Å²) in [4.78, 5) is 2.08. The molecule has 2 rings (SSSR count). The second-order valence-electron chi connectivity index (χ2n) is 4.39. The standard InChI is InChI=1S/C10H15F3N4/c11-10(12,13)9-5-8(15-16-9)6-17-3-1-7(14)2-4-17/h5,7H,1-4,6,14H2,(H,15,16). The highest BCUT2D eigenvalue weighted by Crippen LogP contribution is 2.28. The van der Waals surface area contributed by atoms with Crippen molar-refractivity contribution in [3.63, 3.8) is 0 Å². The minimum absolute atomic E-state index is 0.221. The van der Waals surface area contributed by atoms with Gasteiger partial charge in [-0.25, -0.2) is 0 Å². The van der Waals surface area contributed by atoms with Crippen LogP contribution in [0.4, 0.5) is 13.2 Å². The third-order valence-electron chi connectivity index (χ3n) is 2.95. The van der Waals surface area contributed by atoms with Crippen molar-refractivity contribution in [3.8, 4) is 0 Å². The molecule has 0 radical (unpaired) electrons. The Balaban J connectivity index is 1.93. The molecule has 1 aliphatic rings. The SMILES string of the molecule is NC1CCN(Cc2cc(C(F)(F)F)n[nH]2)CC1. The molecule has 1 aliphatic heterocycles. The van der Waals surface area contributed by atoms with E-state index in [0.29, 0.717) is 12.2 Å². The summed E-state index contributed by atoms with van der Waals surface area (Å²) in [5.74, 6) is 0. The van der Waals surface area contributed by atoms with Crippen LogP contribution < -0.4 is 5.73 Å². The van der Waals surface area contributed by atoms with Crippen molar-refractivity contribution >= 4 is 0 Å². The molecule has 0 aromatic carbocycles. The molecule has 17 heavy (non-hydrogen) atoms. The Morgan fingerprint density at radius 2 is 2.06 bits per heavy atom. The normalized spacial score (nSPS) is 19.8. The number of H-pyrrole nitrogens is 1. The summed E-state index contributed by atoms with van der Waals surface area (Å²) >= 11 is 0. The van der Waals surface area contributed by atoms with Crippen molar-refractivity contribution in [2.75, 3.05) is 13.1 Å². The Morgan fingerprint density at radius 1 is 1.41 bits per heavy atom. The van der Waals surface area contributed by atoms with Gasteiger partial charge in [-0.3, -0.25) is 10.00 Å². The predicted molar refractivity (Wildman–Crippen MR) is 56.1 cm³/mol. The lowest BCUT2D eigenvalue weighted by molar-refractivity contribution is -0.141. The lowest BCUT2D eigenvalue weighted by Crippen LogP contribution is -2.39. The Morgan fingerprint density at radius 3 is 2.59 bits per heavy atom. The molecule has 2 heterocycles. The smallest absolute Gasteiger partial charge is 0.328 e. The molecule has 0 aliphatic carbocycles. The second kappa shape index (κ2) is 4.66. The number of aromatic nitrogens is 2. The fourth-order valence-electron chi connectivity index (χ4n) is 1.94. The molecule has 0 saturated carbocycles. The molecule has 0 atom stereocenters. The Hall–Kier alpha value is -1.08. The van der Waals surface area contributed by atoms with E-state index < -0.39 is 11.9 Å². The van der Waals surface area contributed by atoms with E-state index in [0.717, 1.165) is 32.0 Å². The number of aromatic amines is 1. The van der Waals surface area contributed by atoms with E-state index in [2.05, 4.69) is 15.1 Å². The van der Waals surface area contributed by atoms with Crippen molar-refractivity contribution in [1.29, 1.82) is 0 Å². The molecule has 1 saturated heterocycles. The van der Waals surface area contributed by atoms with Gasteiger partial charge in [-0.2, -0.15) is 18.3 Å². The highest BCUT2D eigenvalue weighted by atomic mass is 19.4. The van der Waals surface area contributed by atoms with Gasteiger partial charge in [0.25, 0.3) is 0 Å². The van der Waals surface area contributed by atoms with Crippen LogP contribution in [-0.4, -0.2) is 34.2 Å². The van der Waals surface area contributed by atoms with Crippen molar-refractivity contribution in [3.05, 3.63) is 17.5 Å². The molecule has 1 fully saturated rings. The highest BCUT2D eigenvalue weighted by Gasteiger charge is 2.34. The summed E-state index contributed by atoms with van der Waals surface area (Å²) in [6, 6.07) is 1.29. The molecule has 4 nitrogen and oxygen atoms in total. The van der Waals surface area contributed by atoms with E-state index >= 15 is 0 Å². The average molecular weight is 248 g/mol. The van der Waals surface area contributed by atoms with Crippen LogP contribution >= 0.6 is 0 Å². The fourth-order valence-corrected chi connectivity index (χ4v) is 1.94. The molecule has 0 unspecified atom stereocenters. The Bertz CT molecular complexity index is 366. The van der Waals surface area contributed by atoms with E-state index in [1.165, 1.54) is 0 Å². The molecule has 0 bridgehead atoms. The number of nitrogens with two attached hydrogens (primary N) is 1.